The molecule has 37 heavy (non-hydrogen) atoms. The number of allylic oxidation sites excluding steroid dienone is 2. The molecule has 0 amide bonds. The van der Waals surface area contributed by atoms with Crippen LogP contribution in [0.3, 0.4) is 0 Å². The van der Waals surface area contributed by atoms with Crippen molar-refractivity contribution in [1.82, 2.24) is 4.98 Å². The number of nitrogens with zero attached hydrogens (tertiary/aromatic N) is 1. The van der Waals surface area contributed by atoms with Crippen molar-refractivity contribution in [3.8, 4) is 22.8 Å². The van der Waals surface area contributed by atoms with E-state index < -0.39 is 0 Å². The van der Waals surface area contributed by atoms with E-state index in [0.29, 0.717) is 0 Å². The summed E-state index contributed by atoms with van der Waals surface area (Å²) in [4.78, 5) is 16.5. The molecule has 0 bridgehead atoms. The molecule has 0 aliphatic carbocycles. The van der Waals surface area contributed by atoms with Crippen LogP contribution in [-0.4, -0.2) is 15.9 Å². The molecule has 4 nitrogen and oxygen atoms in total. The molecule has 0 saturated heterocycles. The number of hydrogen-bond donors (Lipinski definition) is 1. The van der Waals surface area contributed by atoms with Crippen molar-refractivity contribution in [2.24, 2.45) is 11.8 Å². The maximum absolute atomic E-state index is 11.7. The first-order chi connectivity index (χ1) is 17.5. The number of carbonyl (C=O) groups excluding carboxylic acids is 1. The molecule has 4 aromatic rings. The van der Waals surface area contributed by atoms with E-state index in [-0.39, 0.29) is 43.5 Å². The molecule has 1 N–H and O–H groups in total. The Labute approximate surface area is 233 Å². The average molecular weight is 673 g/mol. The van der Waals surface area contributed by atoms with Gasteiger partial charge in [-0.3, -0.25) is 9.78 Å². The number of aliphatic hydroxyl groups excluding tert-OH is 1. The monoisotopic (exact) mass is 673 g/mol. The zero-order valence-corrected chi connectivity index (χ0v) is 24.3. The van der Waals surface area contributed by atoms with Crippen molar-refractivity contribution in [2.75, 3.05) is 0 Å². The number of fused-ring (bicyclic) bond motifs is 3. The number of aliphatic hydroxyl groups is 1. The minimum Gasteiger partial charge on any atom is -0.512 e. The Kier molecular flexibility index (Phi) is 10.0. The Morgan fingerprint density at radius 3 is 2.30 bits per heavy atom. The van der Waals surface area contributed by atoms with Crippen LogP contribution in [0.5, 0.6) is 11.5 Å². The van der Waals surface area contributed by atoms with Gasteiger partial charge in [-0.15, -0.1) is 23.8 Å². The summed E-state index contributed by atoms with van der Waals surface area (Å²) in [6.45, 7) is 8.07. The van der Waals surface area contributed by atoms with E-state index in [4.69, 9.17) is 9.72 Å². The van der Waals surface area contributed by atoms with Crippen LogP contribution in [0.4, 0.5) is 0 Å². The second kappa shape index (κ2) is 13.0. The molecule has 1 radical (unpaired) electrons. The van der Waals surface area contributed by atoms with Gasteiger partial charge in [0.1, 0.15) is 5.75 Å². The maximum Gasteiger partial charge on any atom is 0.162 e. The number of para-hydroxylation sites is 1. The van der Waals surface area contributed by atoms with Crippen molar-refractivity contribution in [3.63, 3.8) is 0 Å². The zero-order valence-electron chi connectivity index (χ0n) is 21.9. The van der Waals surface area contributed by atoms with Gasteiger partial charge in [0, 0.05) is 49.1 Å². The summed E-state index contributed by atoms with van der Waals surface area (Å²) in [6.07, 6.45) is 4.91. The van der Waals surface area contributed by atoms with E-state index in [1.807, 2.05) is 64.1 Å². The second-order valence-electron chi connectivity index (χ2n) is 9.20. The van der Waals surface area contributed by atoms with Crippen LogP contribution in [-0.2, 0) is 24.9 Å². The first-order valence-electron chi connectivity index (χ1n) is 13.0. The fourth-order valence-corrected chi connectivity index (χ4v) is 4.76. The number of ether oxygens (including phenoxy) is 1. The van der Waals surface area contributed by atoms with Gasteiger partial charge in [0.15, 0.2) is 5.78 Å². The molecular weight excluding hydrogens is 639 g/mol. The van der Waals surface area contributed by atoms with Gasteiger partial charge in [-0.1, -0.05) is 68.8 Å². The van der Waals surface area contributed by atoms with Crippen molar-refractivity contribution >= 4 is 27.5 Å². The predicted molar refractivity (Wildman–Crippen MR) is 147 cm³/mol. The quantitative estimate of drug-likeness (QED) is 0.107. The van der Waals surface area contributed by atoms with Crippen molar-refractivity contribution in [1.29, 1.82) is 0 Å². The van der Waals surface area contributed by atoms with E-state index >= 15 is 0 Å². The Hall–Kier alpha value is -3.01. The fourth-order valence-electron chi connectivity index (χ4n) is 4.76. The van der Waals surface area contributed by atoms with Crippen LogP contribution in [0.2, 0.25) is 0 Å². The summed E-state index contributed by atoms with van der Waals surface area (Å²) in [5.41, 5.74) is 2.87. The van der Waals surface area contributed by atoms with Crippen LogP contribution < -0.4 is 4.74 Å². The first-order valence-corrected chi connectivity index (χ1v) is 13.0. The van der Waals surface area contributed by atoms with E-state index in [1.54, 1.807) is 0 Å². The zero-order chi connectivity index (χ0) is 25.7. The van der Waals surface area contributed by atoms with Gasteiger partial charge >= 0.3 is 0 Å². The summed E-state index contributed by atoms with van der Waals surface area (Å²) >= 11 is 0. The summed E-state index contributed by atoms with van der Waals surface area (Å²) in [5.74, 6) is 2.23. The summed E-state index contributed by atoms with van der Waals surface area (Å²) in [6, 6.07) is 23.6. The Balaban J connectivity index is 0.000000214. The van der Waals surface area contributed by atoms with E-state index in [0.717, 1.165) is 70.1 Å². The van der Waals surface area contributed by atoms with E-state index in [1.165, 1.54) is 6.08 Å². The van der Waals surface area contributed by atoms with Crippen molar-refractivity contribution in [2.45, 2.75) is 53.4 Å². The van der Waals surface area contributed by atoms with Gasteiger partial charge in [-0.25, -0.2) is 0 Å². The van der Waals surface area contributed by atoms with E-state index in [9.17, 15) is 9.90 Å². The summed E-state index contributed by atoms with van der Waals surface area (Å²) in [7, 11) is 0. The number of ketones is 1. The molecule has 5 rings (SSSR count). The third-order valence-corrected chi connectivity index (χ3v) is 7.03. The smallest absolute Gasteiger partial charge is 0.162 e. The van der Waals surface area contributed by atoms with Gasteiger partial charge in [-0.05, 0) is 43.9 Å². The molecule has 0 spiro atoms. The van der Waals surface area contributed by atoms with Crippen molar-refractivity contribution in [3.05, 3.63) is 78.6 Å². The molecule has 0 fully saturated rings. The predicted octanol–water partition coefficient (Wildman–Crippen LogP) is 8.83. The second-order valence-corrected chi connectivity index (χ2v) is 9.20. The third-order valence-electron chi connectivity index (χ3n) is 7.03. The topological polar surface area (TPSA) is 59.4 Å². The van der Waals surface area contributed by atoms with Crippen LogP contribution in [0.25, 0.3) is 32.9 Å². The molecule has 5 heteroatoms. The molecule has 0 saturated carbocycles. The molecule has 1 aliphatic heterocycles. The minimum absolute atomic E-state index is 0. The van der Waals surface area contributed by atoms with Gasteiger partial charge < -0.3 is 9.84 Å². The molecule has 3 aromatic carbocycles. The Morgan fingerprint density at radius 2 is 1.59 bits per heavy atom. The van der Waals surface area contributed by atoms with Gasteiger partial charge in [0.25, 0.3) is 0 Å². The molecule has 1 aliphatic rings. The molecule has 2 heterocycles. The first kappa shape index (κ1) is 28.6. The van der Waals surface area contributed by atoms with Gasteiger partial charge in [0.2, 0.25) is 0 Å². The van der Waals surface area contributed by atoms with Gasteiger partial charge in [-0.2, -0.15) is 0 Å². The summed E-state index contributed by atoms with van der Waals surface area (Å²) in [5, 5.41) is 13.1. The SMILES string of the molecule is CCC(CC)C(=O)/C=C(\O)C(CC)CC.[Ir].[c-]1ccc2cccc3c2c1-c1nc2ccccc2cc1O3. The Morgan fingerprint density at radius 1 is 0.919 bits per heavy atom. The maximum atomic E-state index is 11.7. The molecule has 1 aromatic heterocycles. The van der Waals surface area contributed by atoms with Crippen LogP contribution in [0.1, 0.15) is 53.4 Å². The van der Waals surface area contributed by atoms with Gasteiger partial charge in [0.05, 0.1) is 17.0 Å². The number of hydrogen-bond acceptors (Lipinski definition) is 4. The third kappa shape index (κ3) is 6.11. The largest absolute Gasteiger partial charge is 0.512 e. The standard InChI is InChI=1S/C19H10NO.C13H24O2.Ir/c1-2-9-15-13(5-1)11-17-19(20-15)14-8-3-6-12-7-4-10-16(21-17)18(12)14;1-5-10(6-2)12(14)9-13(15)11(7-3)8-4;/h1-7,9-11H;9-11,14H,5-8H2,1-4H3;/q-1;;/b;12-9-;. The van der Waals surface area contributed by atoms with Crippen molar-refractivity contribution < 1.29 is 34.7 Å². The van der Waals surface area contributed by atoms with Crippen LogP contribution >= 0.6 is 0 Å². The molecule has 0 atom stereocenters. The minimum atomic E-state index is 0. The fraction of sp³-hybridized carbons (Fsp3) is 0.312. The van der Waals surface area contributed by atoms with Crippen LogP contribution in [0.15, 0.2) is 72.5 Å². The van der Waals surface area contributed by atoms with Crippen LogP contribution in [0, 0.1) is 17.9 Å². The number of rotatable bonds is 7. The summed E-state index contributed by atoms with van der Waals surface area (Å²) < 4.78 is 6.08. The number of carbonyl (C=O) groups is 1. The number of pyridine rings is 1. The molecule has 0 unspecified atom stereocenters. The number of aromatic nitrogens is 1. The number of benzene rings is 3. The van der Waals surface area contributed by atoms with E-state index in [2.05, 4.69) is 30.3 Å². The average Bonchev–Trinajstić information content (AvgIpc) is 2.90. The molecular formula is C32H34IrNO3-. The normalized spacial score (nSPS) is 12.0. The molecule has 195 valence electrons. The Bertz CT molecular complexity index is 1400.